The van der Waals surface area contributed by atoms with Crippen molar-refractivity contribution in [2.24, 2.45) is 0 Å². The van der Waals surface area contributed by atoms with Crippen LogP contribution in [0.4, 0.5) is 0 Å². The third kappa shape index (κ3) is 2.28. The quantitative estimate of drug-likeness (QED) is 0.845. The molecule has 1 aromatic heterocycles. The van der Waals surface area contributed by atoms with Crippen molar-refractivity contribution in [2.45, 2.75) is 44.9 Å². The van der Waals surface area contributed by atoms with Gasteiger partial charge < -0.3 is 10.1 Å². The van der Waals surface area contributed by atoms with E-state index in [1.165, 1.54) is 18.5 Å². The minimum atomic E-state index is 0.266. The van der Waals surface area contributed by atoms with Crippen LogP contribution in [0, 0.1) is 0 Å². The minimum Gasteiger partial charge on any atom is -0.376 e. The predicted octanol–water partition coefficient (Wildman–Crippen LogP) is 1.73. The van der Waals surface area contributed by atoms with Gasteiger partial charge in [-0.05, 0) is 39.3 Å². The molecule has 4 nitrogen and oxygen atoms in total. The highest BCUT2D eigenvalue weighted by Crippen LogP contribution is 2.25. The molecule has 1 aliphatic heterocycles. The van der Waals surface area contributed by atoms with Crippen LogP contribution in [0.1, 0.15) is 37.9 Å². The second-order valence-electron chi connectivity index (χ2n) is 4.24. The molecule has 90 valence electrons. The van der Waals surface area contributed by atoms with Gasteiger partial charge in [-0.25, -0.2) is 0 Å². The highest BCUT2D eigenvalue weighted by Gasteiger charge is 2.26. The van der Waals surface area contributed by atoms with Gasteiger partial charge in [-0.3, -0.25) is 4.68 Å². The van der Waals surface area contributed by atoms with Crippen molar-refractivity contribution < 1.29 is 4.74 Å². The molecule has 0 spiro atoms. The zero-order chi connectivity index (χ0) is 11.4. The maximum Gasteiger partial charge on any atom is 0.0784 e. The largest absolute Gasteiger partial charge is 0.376 e. The molecule has 1 N–H and O–H groups in total. The summed E-state index contributed by atoms with van der Waals surface area (Å²) >= 11 is 0. The van der Waals surface area contributed by atoms with Gasteiger partial charge in [0.05, 0.1) is 17.8 Å². The van der Waals surface area contributed by atoms with E-state index in [0.29, 0.717) is 6.10 Å². The SMILES string of the molecule is CCn1nccc1C(NC)C1CCCCO1. The molecular formula is C12H21N3O. The van der Waals surface area contributed by atoms with E-state index >= 15 is 0 Å². The van der Waals surface area contributed by atoms with Gasteiger partial charge in [0.1, 0.15) is 0 Å². The molecule has 0 bridgehead atoms. The predicted molar refractivity (Wildman–Crippen MR) is 63.3 cm³/mol. The Morgan fingerprint density at radius 3 is 3.12 bits per heavy atom. The van der Waals surface area contributed by atoms with E-state index in [2.05, 4.69) is 23.4 Å². The second-order valence-corrected chi connectivity index (χ2v) is 4.24. The Hall–Kier alpha value is -0.870. The molecule has 4 heteroatoms. The molecule has 1 saturated heterocycles. The lowest BCUT2D eigenvalue weighted by Gasteiger charge is -2.30. The van der Waals surface area contributed by atoms with Crippen LogP contribution in [-0.4, -0.2) is 29.5 Å². The van der Waals surface area contributed by atoms with Crippen molar-refractivity contribution in [1.29, 1.82) is 0 Å². The van der Waals surface area contributed by atoms with Crippen LogP contribution < -0.4 is 5.32 Å². The van der Waals surface area contributed by atoms with Gasteiger partial charge in [0, 0.05) is 19.3 Å². The van der Waals surface area contributed by atoms with Gasteiger partial charge >= 0.3 is 0 Å². The number of likely N-dealkylation sites (N-methyl/N-ethyl adjacent to an activating group) is 1. The van der Waals surface area contributed by atoms with Gasteiger partial charge in [0.2, 0.25) is 0 Å². The third-order valence-corrected chi connectivity index (χ3v) is 3.27. The van der Waals surface area contributed by atoms with E-state index in [1.807, 2.05) is 17.9 Å². The average Bonchev–Trinajstić information content (AvgIpc) is 2.80. The van der Waals surface area contributed by atoms with Crippen molar-refractivity contribution in [3.8, 4) is 0 Å². The lowest BCUT2D eigenvalue weighted by molar-refractivity contribution is -0.00837. The molecule has 0 saturated carbocycles. The number of hydrogen-bond donors (Lipinski definition) is 1. The Bertz CT molecular complexity index is 318. The molecular weight excluding hydrogens is 202 g/mol. The van der Waals surface area contributed by atoms with Crippen LogP contribution in [0.25, 0.3) is 0 Å². The standard InChI is InChI=1S/C12H21N3O/c1-3-15-10(7-8-14-15)12(13-2)11-6-4-5-9-16-11/h7-8,11-13H,3-6,9H2,1-2H3. The number of aryl methyl sites for hydroxylation is 1. The molecule has 1 fully saturated rings. The molecule has 0 amide bonds. The molecule has 0 aromatic carbocycles. The normalized spacial score (nSPS) is 23.2. The Morgan fingerprint density at radius 1 is 1.62 bits per heavy atom. The number of hydrogen-bond acceptors (Lipinski definition) is 3. The summed E-state index contributed by atoms with van der Waals surface area (Å²) in [6.45, 7) is 3.92. The van der Waals surface area contributed by atoms with E-state index in [4.69, 9.17) is 4.74 Å². The van der Waals surface area contributed by atoms with E-state index in [-0.39, 0.29) is 6.04 Å². The van der Waals surface area contributed by atoms with E-state index in [1.54, 1.807) is 0 Å². The Labute approximate surface area is 97.0 Å². The first-order chi connectivity index (χ1) is 7.86. The maximum absolute atomic E-state index is 5.85. The fourth-order valence-electron chi connectivity index (χ4n) is 2.42. The molecule has 2 rings (SSSR count). The first kappa shape index (κ1) is 11.6. The Morgan fingerprint density at radius 2 is 2.50 bits per heavy atom. The summed E-state index contributed by atoms with van der Waals surface area (Å²) in [7, 11) is 2.00. The Kier molecular flexibility index (Phi) is 3.96. The molecule has 0 aliphatic carbocycles. The summed E-state index contributed by atoms with van der Waals surface area (Å²) in [5.74, 6) is 0. The number of aromatic nitrogens is 2. The molecule has 1 aromatic rings. The molecule has 2 atom stereocenters. The lowest BCUT2D eigenvalue weighted by atomic mass is 9.99. The summed E-state index contributed by atoms with van der Waals surface area (Å²) in [6, 6.07) is 2.35. The van der Waals surface area contributed by atoms with Gasteiger partial charge in [0.25, 0.3) is 0 Å². The minimum absolute atomic E-state index is 0.266. The van der Waals surface area contributed by atoms with Crippen LogP contribution in [0.15, 0.2) is 12.3 Å². The van der Waals surface area contributed by atoms with Crippen LogP contribution in [0.3, 0.4) is 0 Å². The van der Waals surface area contributed by atoms with Gasteiger partial charge in [-0.15, -0.1) is 0 Å². The summed E-state index contributed by atoms with van der Waals surface area (Å²) in [4.78, 5) is 0. The van der Waals surface area contributed by atoms with Crippen molar-refractivity contribution >= 4 is 0 Å². The highest BCUT2D eigenvalue weighted by molar-refractivity contribution is 5.09. The van der Waals surface area contributed by atoms with Gasteiger partial charge in [-0.2, -0.15) is 5.10 Å². The van der Waals surface area contributed by atoms with Gasteiger partial charge in [-0.1, -0.05) is 0 Å². The van der Waals surface area contributed by atoms with Crippen LogP contribution in [0.2, 0.25) is 0 Å². The molecule has 2 unspecified atom stereocenters. The fourth-order valence-corrected chi connectivity index (χ4v) is 2.42. The zero-order valence-electron chi connectivity index (χ0n) is 10.1. The molecule has 1 aliphatic rings. The monoisotopic (exact) mass is 223 g/mol. The van der Waals surface area contributed by atoms with Crippen LogP contribution >= 0.6 is 0 Å². The number of rotatable bonds is 4. The fraction of sp³-hybridized carbons (Fsp3) is 0.750. The third-order valence-electron chi connectivity index (χ3n) is 3.27. The summed E-state index contributed by atoms with van der Waals surface area (Å²) in [5.41, 5.74) is 1.23. The first-order valence-electron chi connectivity index (χ1n) is 6.17. The van der Waals surface area contributed by atoms with E-state index < -0.39 is 0 Å². The van der Waals surface area contributed by atoms with Crippen LogP contribution in [-0.2, 0) is 11.3 Å². The van der Waals surface area contributed by atoms with Gasteiger partial charge in [0.15, 0.2) is 0 Å². The molecule has 0 radical (unpaired) electrons. The maximum atomic E-state index is 5.85. The number of ether oxygens (including phenoxy) is 1. The zero-order valence-corrected chi connectivity index (χ0v) is 10.1. The molecule has 16 heavy (non-hydrogen) atoms. The van der Waals surface area contributed by atoms with Crippen molar-refractivity contribution in [2.75, 3.05) is 13.7 Å². The summed E-state index contributed by atoms with van der Waals surface area (Å²) in [5, 5.41) is 7.68. The van der Waals surface area contributed by atoms with Crippen molar-refractivity contribution in [3.05, 3.63) is 18.0 Å². The Balaban J connectivity index is 2.14. The van der Waals surface area contributed by atoms with Crippen LogP contribution in [0.5, 0.6) is 0 Å². The van der Waals surface area contributed by atoms with Crippen molar-refractivity contribution in [3.63, 3.8) is 0 Å². The van der Waals surface area contributed by atoms with E-state index in [0.717, 1.165) is 19.6 Å². The smallest absolute Gasteiger partial charge is 0.0784 e. The topological polar surface area (TPSA) is 39.1 Å². The van der Waals surface area contributed by atoms with Crippen molar-refractivity contribution in [1.82, 2.24) is 15.1 Å². The average molecular weight is 223 g/mol. The number of nitrogens with zero attached hydrogens (tertiary/aromatic N) is 2. The van der Waals surface area contributed by atoms with E-state index in [9.17, 15) is 0 Å². The summed E-state index contributed by atoms with van der Waals surface area (Å²) < 4.78 is 7.89. The number of nitrogens with one attached hydrogen (secondary N) is 1. The second kappa shape index (κ2) is 5.46. The summed E-state index contributed by atoms with van der Waals surface area (Å²) in [6.07, 6.45) is 5.76. The first-order valence-corrected chi connectivity index (χ1v) is 6.17. The highest BCUT2D eigenvalue weighted by atomic mass is 16.5. The lowest BCUT2D eigenvalue weighted by Crippen LogP contribution is -2.35. The molecule has 2 heterocycles.